The SMILES string of the molecule is CC(C1CCC1)n1c(SCC(=O)O)nc2cc(Cl)ccc21. The van der Waals surface area contributed by atoms with E-state index in [1.54, 1.807) is 0 Å². The number of aliphatic carboxylic acids is 1. The first-order valence-corrected chi connectivity index (χ1v) is 8.44. The fourth-order valence-electron chi connectivity index (χ4n) is 2.80. The van der Waals surface area contributed by atoms with Gasteiger partial charge in [0.2, 0.25) is 0 Å². The summed E-state index contributed by atoms with van der Waals surface area (Å²) in [7, 11) is 0. The molecule has 1 unspecified atom stereocenters. The molecule has 0 spiro atoms. The topological polar surface area (TPSA) is 55.1 Å². The third-order valence-corrected chi connectivity index (χ3v) is 5.36. The zero-order valence-electron chi connectivity index (χ0n) is 11.8. The number of thioether (sulfide) groups is 1. The molecule has 0 bridgehead atoms. The van der Waals surface area contributed by atoms with Crippen LogP contribution in [0.25, 0.3) is 11.0 Å². The number of aromatic nitrogens is 2. The summed E-state index contributed by atoms with van der Waals surface area (Å²) in [6, 6.07) is 6.01. The molecule has 1 aromatic carbocycles. The van der Waals surface area contributed by atoms with Crippen molar-refractivity contribution < 1.29 is 9.90 Å². The zero-order valence-corrected chi connectivity index (χ0v) is 13.3. The fourth-order valence-corrected chi connectivity index (χ4v) is 3.79. The van der Waals surface area contributed by atoms with Crippen LogP contribution >= 0.6 is 23.4 Å². The molecule has 0 aliphatic heterocycles. The van der Waals surface area contributed by atoms with Gasteiger partial charge in [0.05, 0.1) is 16.8 Å². The summed E-state index contributed by atoms with van der Waals surface area (Å²) in [4.78, 5) is 15.4. The number of imidazole rings is 1. The van der Waals surface area contributed by atoms with Gasteiger partial charge in [0.15, 0.2) is 5.16 Å². The number of hydrogen-bond acceptors (Lipinski definition) is 3. The van der Waals surface area contributed by atoms with E-state index in [1.807, 2.05) is 18.2 Å². The van der Waals surface area contributed by atoms with Gasteiger partial charge in [-0.2, -0.15) is 0 Å². The van der Waals surface area contributed by atoms with E-state index in [2.05, 4.69) is 16.5 Å². The van der Waals surface area contributed by atoms with Crippen molar-refractivity contribution in [3.8, 4) is 0 Å². The lowest BCUT2D eigenvalue weighted by atomic mass is 9.80. The second-order valence-electron chi connectivity index (χ2n) is 5.51. The van der Waals surface area contributed by atoms with Gasteiger partial charge in [-0.15, -0.1) is 0 Å². The molecule has 1 fully saturated rings. The van der Waals surface area contributed by atoms with Crippen LogP contribution in [0.5, 0.6) is 0 Å². The molecule has 1 heterocycles. The maximum absolute atomic E-state index is 10.8. The second-order valence-corrected chi connectivity index (χ2v) is 6.89. The van der Waals surface area contributed by atoms with Gasteiger partial charge < -0.3 is 9.67 Å². The van der Waals surface area contributed by atoms with Crippen LogP contribution < -0.4 is 0 Å². The molecule has 0 saturated heterocycles. The molecule has 21 heavy (non-hydrogen) atoms. The summed E-state index contributed by atoms with van der Waals surface area (Å²) < 4.78 is 2.18. The van der Waals surface area contributed by atoms with Gasteiger partial charge in [-0.25, -0.2) is 4.98 Å². The van der Waals surface area contributed by atoms with E-state index < -0.39 is 5.97 Å². The lowest BCUT2D eigenvalue weighted by Gasteiger charge is -2.33. The molecule has 1 saturated carbocycles. The fraction of sp³-hybridized carbons (Fsp3) is 0.467. The number of nitrogens with zero attached hydrogens (tertiary/aromatic N) is 2. The Hall–Kier alpha value is -1.20. The summed E-state index contributed by atoms with van der Waals surface area (Å²) in [6.07, 6.45) is 3.75. The Balaban J connectivity index is 2.03. The third-order valence-electron chi connectivity index (χ3n) is 4.18. The average Bonchev–Trinajstić information content (AvgIpc) is 2.71. The van der Waals surface area contributed by atoms with Crippen molar-refractivity contribution in [3.63, 3.8) is 0 Å². The molecular weight excluding hydrogens is 308 g/mol. The number of carboxylic acid groups (broad SMARTS) is 1. The smallest absolute Gasteiger partial charge is 0.313 e. The van der Waals surface area contributed by atoms with Crippen LogP contribution in [0, 0.1) is 5.92 Å². The molecule has 112 valence electrons. The standard InChI is InChI=1S/C15H17ClN2O2S/c1-9(10-3-2-4-10)18-13-6-5-11(16)7-12(13)17-15(18)21-8-14(19)20/h5-7,9-10H,2-4,8H2,1H3,(H,19,20). The van der Waals surface area contributed by atoms with E-state index in [0.717, 1.165) is 16.2 Å². The Kier molecular flexibility index (Phi) is 4.13. The minimum Gasteiger partial charge on any atom is -0.481 e. The molecule has 1 aliphatic carbocycles. The third kappa shape index (κ3) is 2.90. The van der Waals surface area contributed by atoms with Crippen LogP contribution in [-0.2, 0) is 4.79 Å². The molecule has 4 nitrogen and oxygen atoms in total. The molecular formula is C15H17ClN2O2S. The van der Waals surface area contributed by atoms with Gasteiger partial charge in [-0.1, -0.05) is 29.8 Å². The van der Waals surface area contributed by atoms with Crippen molar-refractivity contribution in [3.05, 3.63) is 23.2 Å². The van der Waals surface area contributed by atoms with Crippen LogP contribution in [-0.4, -0.2) is 26.4 Å². The van der Waals surface area contributed by atoms with Crippen molar-refractivity contribution in [2.45, 2.75) is 37.4 Å². The largest absolute Gasteiger partial charge is 0.481 e. The maximum atomic E-state index is 10.8. The molecule has 6 heteroatoms. The van der Waals surface area contributed by atoms with Crippen molar-refractivity contribution in [1.82, 2.24) is 9.55 Å². The van der Waals surface area contributed by atoms with Crippen LogP contribution in [0.2, 0.25) is 5.02 Å². The normalized spacial score (nSPS) is 16.9. The monoisotopic (exact) mass is 324 g/mol. The van der Waals surface area contributed by atoms with E-state index in [0.29, 0.717) is 17.0 Å². The first-order chi connectivity index (χ1) is 10.1. The molecule has 3 rings (SSSR count). The summed E-state index contributed by atoms with van der Waals surface area (Å²) in [6.45, 7) is 2.20. The number of rotatable bonds is 5. The van der Waals surface area contributed by atoms with E-state index in [1.165, 1.54) is 31.0 Å². The van der Waals surface area contributed by atoms with Gasteiger partial charge in [-0.05, 0) is 43.9 Å². The first kappa shape index (κ1) is 14.7. The van der Waals surface area contributed by atoms with Crippen LogP contribution in [0.4, 0.5) is 0 Å². The van der Waals surface area contributed by atoms with E-state index >= 15 is 0 Å². The number of halogens is 1. The van der Waals surface area contributed by atoms with Crippen molar-refractivity contribution >= 4 is 40.4 Å². The number of benzene rings is 1. The second kappa shape index (κ2) is 5.89. The van der Waals surface area contributed by atoms with Crippen LogP contribution in [0.1, 0.15) is 32.2 Å². The zero-order chi connectivity index (χ0) is 15.0. The van der Waals surface area contributed by atoms with Crippen LogP contribution in [0.3, 0.4) is 0 Å². The minimum absolute atomic E-state index is 0.0223. The Morgan fingerprint density at radius 3 is 2.95 bits per heavy atom. The summed E-state index contributed by atoms with van der Waals surface area (Å²) in [5, 5.41) is 10.3. The number of hydrogen-bond donors (Lipinski definition) is 1. The summed E-state index contributed by atoms with van der Waals surface area (Å²) in [5.41, 5.74) is 1.87. The number of carbonyl (C=O) groups is 1. The molecule has 1 atom stereocenters. The Bertz CT molecular complexity index is 682. The van der Waals surface area contributed by atoms with Gasteiger partial charge in [-0.3, -0.25) is 4.79 Å². The van der Waals surface area contributed by atoms with Gasteiger partial charge >= 0.3 is 5.97 Å². The average molecular weight is 325 g/mol. The van der Waals surface area contributed by atoms with E-state index in [4.69, 9.17) is 16.7 Å². The van der Waals surface area contributed by atoms with Crippen molar-refractivity contribution in [2.24, 2.45) is 5.92 Å². The molecule has 1 aliphatic rings. The lowest BCUT2D eigenvalue weighted by Crippen LogP contribution is -2.23. The highest BCUT2D eigenvalue weighted by Crippen LogP contribution is 2.40. The molecule has 0 radical (unpaired) electrons. The van der Waals surface area contributed by atoms with E-state index in [-0.39, 0.29) is 5.75 Å². The molecule has 0 amide bonds. The number of fused-ring (bicyclic) bond motifs is 1. The van der Waals surface area contributed by atoms with Gasteiger partial charge in [0.1, 0.15) is 0 Å². The van der Waals surface area contributed by atoms with Crippen molar-refractivity contribution in [2.75, 3.05) is 5.75 Å². The molecule has 2 aromatic rings. The summed E-state index contributed by atoms with van der Waals surface area (Å²) in [5.74, 6) is -0.149. The first-order valence-electron chi connectivity index (χ1n) is 7.08. The van der Waals surface area contributed by atoms with Gasteiger partial charge in [0, 0.05) is 11.1 Å². The van der Waals surface area contributed by atoms with Crippen molar-refractivity contribution in [1.29, 1.82) is 0 Å². The highest BCUT2D eigenvalue weighted by Gasteiger charge is 2.28. The van der Waals surface area contributed by atoms with Gasteiger partial charge in [0.25, 0.3) is 0 Å². The number of carboxylic acids is 1. The predicted octanol–water partition coefficient (Wildman–Crippen LogP) is 4.23. The Morgan fingerprint density at radius 1 is 1.57 bits per heavy atom. The quantitative estimate of drug-likeness (QED) is 0.836. The minimum atomic E-state index is -0.826. The Labute approximate surface area is 132 Å². The molecule has 1 N–H and O–H groups in total. The lowest BCUT2D eigenvalue weighted by molar-refractivity contribution is -0.133. The van der Waals surface area contributed by atoms with E-state index in [9.17, 15) is 4.79 Å². The highest BCUT2D eigenvalue weighted by molar-refractivity contribution is 7.99. The Morgan fingerprint density at radius 2 is 2.33 bits per heavy atom. The maximum Gasteiger partial charge on any atom is 0.313 e. The van der Waals surface area contributed by atoms with Crippen LogP contribution in [0.15, 0.2) is 23.4 Å². The highest BCUT2D eigenvalue weighted by atomic mass is 35.5. The summed E-state index contributed by atoms with van der Waals surface area (Å²) >= 11 is 7.31. The molecule has 1 aromatic heterocycles. The predicted molar refractivity (Wildman–Crippen MR) is 85.2 cm³/mol.